The topological polar surface area (TPSA) is 103 Å². The van der Waals surface area contributed by atoms with E-state index in [9.17, 15) is 14.9 Å². The zero-order chi connectivity index (χ0) is 22.6. The summed E-state index contributed by atoms with van der Waals surface area (Å²) in [7, 11) is 0. The molecule has 3 atom stereocenters. The third-order valence-corrected chi connectivity index (χ3v) is 11.0. The highest BCUT2D eigenvalue weighted by Gasteiger charge is 2.63. The molecule has 8 nitrogen and oxygen atoms in total. The third-order valence-electron chi connectivity index (χ3n) is 11.0. The molecule has 1 N–H and O–H groups in total. The second-order valence-corrected chi connectivity index (χ2v) is 13.2. The highest BCUT2D eigenvalue weighted by molar-refractivity contribution is 5.83. The molecule has 3 unspecified atom stereocenters. The minimum absolute atomic E-state index is 0.231. The van der Waals surface area contributed by atoms with Crippen molar-refractivity contribution in [3.05, 3.63) is 16.4 Å². The standard InChI is InChI=1S/C25H35N5O3/c1-15(23-6-16-2-17(7-23)4-18(3-16)8-23)27-21(31)24-9-19-5-20(10-24)12-25(11-19,13-24)29-14-26-22(28-29)30(32)33/h14-20H,2-13H2,1H3,(H,27,31). The summed E-state index contributed by atoms with van der Waals surface area (Å²) >= 11 is 0. The number of amides is 1. The monoisotopic (exact) mass is 453 g/mol. The summed E-state index contributed by atoms with van der Waals surface area (Å²) in [5.74, 6) is 3.54. The van der Waals surface area contributed by atoms with Gasteiger partial charge >= 0.3 is 5.95 Å². The summed E-state index contributed by atoms with van der Waals surface area (Å²) in [6.07, 6.45) is 15.4. The first-order valence-electron chi connectivity index (χ1n) is 13.1. The van der Waals surface area contributed by atoms with Crippen LogP contribution in [0.1, 0.15) is 84.0 Å². The molecule has 33 heavy (non-hydrogen) atoms. The van der Waals surface area contributed by atoms with Crippen molar-refractivity contribution in [3.63, 3.8) is 0 Å². The molecule has 8 aliphatic rings. The number of carbonyl (C=O) groups is 1. The molecule has 9 rings (SSSR count). The van der Waals surface area contributed by atoms with Crippen molar-refractivity contribution in [1.29, 1.82) is 0 Å². The van der Waals surface area contributed by atoms with Gasteiger partial charge in [0.2, 0.25) is 12.2 Å². The smallest absolute Gasteiger partial charge is 0.390 e. The number of nitrogens with zero attached hydrogens (tertiary/aromatic N) is 4. The molecular formula is C25H35N5O3. The van der Waals surface area contributed by atoms with E-state index in [4.69, 9.17) is 0 Å². The number of aromatic nitrogens is 3. The predicted octanol–water partition coefficient (Wildman–Crippen LogP) is 4.20. The van der Waals surface area contributed by atoms with Crippen LogP contribution in [0.5, 0.6) is 0 Å². The van der Waals surface area contributed by atoms with Crippen molar-refractivity contribution in [2.75, 3.05) is 0 Å². The molecule has 0 spiro atoms. The summed E-state index contributed by atoms with van der Waals surface area (Å²) in [5, 5.41) is 19.0. The Kier molecular flexibility index (Phi) is 4.06. The number of carbonyl (C=O) groups excluding carboxylic acids is 1. The van der Waals surface area contributed by atoms with Gasteiger partial charge in [0.25, 0.3) is 0 Å². The Labute approximate surface area is 194 Å². The summed E-state index contributed by atoms with van der Waals surface area (Å²) in [4.78, 5) is 28.6. The molecule has 8 aliphatic carbocycles. The number of nitro groups is 1. The predicted molar refractivity (Wildman–Crippen MR) is 120 cm³/mol. The second kappa shape index (κ2) is 6.57. The zero-order valence-corrected chi connectivity index (χ0v) is 19.5. The van der Waals surface area contributed by atoms with Crippen LogP contribution in [0.3, 0.4) is 0 Å². The van der Waals surface area contributed by atoms with Crippen molar-refractivity contribution < 1.29 is 9.72 Å². The molecule has 178 valence electrons. The first kappa shape index (κ1) is 20.4. The van der Waals surface area contributed by atoms with Gasteiger partial charge in [0.05, 0.1) is 11.0 Å². The SMILES string of the molecule is CC(NC(=O)C12CC3CC(C1)CC(n1cnc([N+](=O)[O-])n1)(C3)C2)C12CC3CC(CC(C3)C1)C2. The van der Waals surface area contributed by atoms with Crippen molar-refractivity contribution in [3.8, 4) is 0 Å². The van der Waals surface area contributed by atoms with Gasteiger partial charge in [-0.05, 0) is 124 Å². The van der Waals surface area contributed by atoms with Crippen LogP contribution in [-0.4, -0.2) is 31.6 Å². The summed E-state index contributed by atoms with van der Waals surface area (Å²) < 4.78 is 1.76. The van der Waals surface area contributed by atoms with Crippen LogP contribution in [0.25, 0.3) is 0 Å². The molecule has 8 bridgehead atoms. The Balaban J connectivity index is 1.15. The molecule has 8 saturated carbocycles. The molecule has 0 aromatic carbocycles. The lowest BCUT2D eigenvalue weighted by Crippen LogP contribution is -2.63. The molecular weight excluding hydrogens is 418 g/mol. The minimum Gasteiger partial charge on any atom is -0.390 e. The van der Waals surface area contributed by atoms with E-state index >= 15 is 0 Å². The third kappa shape index (κ3) is 2.91. The first-order chi connectivity index (χ1) is 15.8. The Morgan fingerprint density at radius 3 is 2.15 bits per heavy atom. The van der Waals surface area contributed by atoms with Crippen LogP contribution in [0.15, 0.2) is 6.33 Å². The summed E-state index contributed by atoms with van der Waals surface area (Å²) in [6.45, 7) is 2.28. The van der Waals surface area contributed by atoms with E-state index < -0.39 is 4.92 Å². The fourth-order valence-electron chi connectivity index (χ4n) is 10.5. The van der Waals surface area contributed by atoms with Gasteiger partial charge < -0.3 is 15.4 Å². The maximum Gasteiger partial charge on any atom is 0.490 e. The molecule has 1 aromatic heterocycles. The van der Waals surface area contributed by atoms with E-state index in [1.807, 2.05) is 0 Å². The lowest BCUT2D eigenvalue weighted by molar-refractivity contribution is -0.394. The fraction of sp³-hybridized carbons (Fsp3) is 0.880. The fourth-order valence-corrected chi connectivity index (χ4v) is 10.5. The minimum atomic E-state index is -0.521. The Morgan fingerprint density at radius 1 is 1.03 bits per heavy atom. The van der Waals surface area contributed by atoms with E-state index in [1.165, 1.54) is 51.3 Å². The van der Waals surface area contributed by atoms with Gasteiger partial charge in [-0.2, -0.15) is 4.68 Å². The maximum absolute atomic E-state index is 14.0. The summed E-state index contributed by atoms with van der Waals surface area (Å²) in [6, 6.07) is 0.231. The van der Waals surface area contributed by atoms with Crippen LogP contribution < -0.4 is 5.32 Å². The highest BCUT2D eigenvalue weighted by Crippen LogP contribution is 2.65. The van der Waals surface area contributed by atoms with E-state index in [1.54, 1.807) is 4.68 Å². The maximum atomic E-state index is 14.0. The molecule has 0 aliphatic heterocycles. The van der Waals surface area contributed by atoms with Crippen LogP contribution in [0.2, 0.25) is 0 Å². The molecule has 1 heterocycles. The number of hydrogen-bond donors (Lipinski definition) is 1. The normalized spacial score (nSPS) is 47.6. The molecule has 8 fully saturated rings. The van der Waals surface area contributed by atoms with Crippen molar-refractivity contribution in [2.45, 2.75) is 95.6 Å². The molecule has 8 heteroatoms. The molecule has 1 aromatic rings. The lowest BCUT2D eigenvalue weighted by atomic mass is 9.46. The van der Waals surface area contributed by atoms with Gasteiger partial charge in [-0.1, -0.05) is 4.98 Å². The van der Waals surface area contributed by atoms with Gasteiger partial charge in [-0.15, -0.1) is 0 Å². The average molecular weight is 454 g/mol. The second-order valence-electron chi connectivity index (χ2n) is 13.2. The van der Waals surface area contributed by atoms with Crippen LogP contribution in [-0.2, 0) is 10.3 Å². The van der Waals surface area contributed by atoms with Gasteiger partial charge in [0.1, 0.15) is 0 Å². The molecule has 1 amide bonds. The zero-order valence-electron chi connectivity index (χ0n) is 19.5. The summed E-state index contributed by atoms with van der Waals surface area (Å²) in [5.41, 5.74) is -0.356. The van der Waals surface area contributed by atoms with E-state index in [0.29, 0.717) is 17.3 Å². The number of rotatable bonds is 5. The Bertz CT molecular complexity index is 968. The van der Waals surface area contributed by atoms with Gasteiger partial charge in [-0.3, -0.25) is 4.79 Å². The average Bonchev–Trinajstić information content (AvgIpc) is 3.23. The number of hydrogen-bond acceptors (Lipinski definition) is 5. The van der Waals surface area contributed by atoms with Crippen molar-refractivity contribution >= 4 is 11.9 Å². The van der Waals surface area contributed by atoms with Gasteiger partial charge in [-0.25, -0.2) is 0 Å². The van der Waals surface area contributed by atoms with Crippen LogP contribution in [0, 0.1) is 50.5 Å². The van der Waals surface area contributed by atoms with Crippen LogP contribution in [0.4, 0.5) is 5.95 Å². The Morgan fingerprint density at radius 2 is 1.61 bits per heavy atom. The molecule has 0 radical (unpaired) electrons. The lowest BCUT2D eigenvalue weighted by Gasteiger charge is -2.61. The van der Waals surface area contributed by atoms with Crippen molar-refractivity contribution in [1.82, 2.24) is 20.1 Å². The van der Waals surface area contributed by atoms with Gasteiger partial charge in [0.15, 0.2) is 0 Å². The number of nitrogens with one attached hydrogen (secondary N) is 1. The van der Waals surface area contributed by atoms with E-state index in [2.05, 4.69) is 22.3 Å². The van der Waals surface area contributed by atoms with Gasteiger partial charge in [0, 0.05) is 11.1 Å². The van der Waals surface area contributed by atoms with Crippen LogP contribution >= 0.6 is 0 Å². The van der Waals surface area contributed by atoms with Crippen molar-refractivity contribution in [2.24, 2.45) is 40.4 Å². The van der Waals surface area contributed by atoms with E-state index in [0.717, 1.165) is 49.9 Å². The van der Waals surface area contributed by atoms with E-state index in [-0.39, 0.29) is 28.9 Å². The largest absolute Gasteiger partial charge is 0.490 e. The molecule has 0 saturated heterocycles. The Hall–Kier alpha value is -1.99. The first-order valence-corrected chi connectivity index (χ1v) is 13.1. The highest BCUT2D eigenvalue weighted by atomic mass is 16.6. The quantitative estimate of drug-likeness (QED) is 0.532.